The van der Waals surface area contributed by atoms with Crippen LogP contribution in [0.2, 0.25) is 0 Å². The second-order valence-electron chi connectivity index (χ2n) is 8.03. The van der Waals surface area contributed by atoms with Crippen molar-refractivity contribution >= 4 is 61.1 Å². The summed E-state index contributed by atoms with van der Waals surface area (Å²) in [6.45, 7) is -3.88. The number of benzene rings is 1. The molecule has 0 saturated carbocycles. The summed E-state index contributed by atoms with van der Waals surface area (Å²) < 4.78 is 58.8. The molecule has 200 valence electrons. The summed E-state index contributed by atoms with van der Waals surface area (Å²) in [6.07, 6.45) is 1.77. The third kappa shape index (κ3) is 6.09. The van der Waals surface area contributed by atoms with Crippen LogP contribution < -0.4 is 11.1 Å². The molecule has 1 aliphatic heterocycles. The molecule has 1 aromatic carbocycles. The molecule has 1 saturated heterocycles. The van der Waals surface area contributed by atoms with E-state index >= 15 is 0 Å². The minimum absolute atomic E-state index is 0. The summed E-state index contributed by atoms with van der Waals surface area (Å²) >= 11 is 3.28. The van der Waals surface area contributed by atoms with Crippen LogP contribution in [0, 0.1) is 0 Å². The lowest BCUT2D eigenvalue weighted by molar-refractivity contribution is -0.160. The molecule has 0 radical (unpaired) electrons. The number of amides is 2. The van der Waals surface area contributed by atoms with E-state index in [0.717, 1.165) is 8.87 Å². The molecule has 4 rings (SSSR count). The number of pyridine rings is 1. The number of hydrogen-bond donors (Lipinski definition) is 2. The maximum atomic E-state index is 13.5. The van der Waals surface area contributed by atoms with Crippen molar-refractivity contribution in [2.45, 2.75) is 36.6 Å². The van der Waals surface area contributed by atoms with Gasteiger partial charge in [0.25, 0.3) is 10.0 Å². The highest BCUT2D eigenvalue weighted by molar-refractivity contribution is 9.10. The standard InChI is InChI=1S/C22H22BrF2N5O5S.ClH/c23-14-1-3-17(4-2-14)36(33,34)30-15(7-13-10-27-6-5-18(13)30)11-28-21(32)19-8-16(35-22(24)25)12-29(19)20(31)9-26;/h1-7,10,16,19,22H,8-9,11-12,26H2,(H,28,32);1H/t16-,19+;/m1./s1. The van der Waals surface area contributed by atoms with E-state index in [0.29, 0.717) is 15.4 Å². The van der Waals surface area contributed by atoms with Crippen molar-refractivity contribution < 1.29 is 31.5 Å². The number of hydrogen-bond acceptors (Lipinski definition) is 7. The number of ether oxygens (including phenoxy) is 1. The SMILES string of the molecule is Cl.NCC(=O)N1C[C@H](OC(F)F)C[C@H]1C(=O)NCc1cc2cnccc2n1S(=O)(=O)c1ccc(Br)cc1. The first kappa shape index (κ1) is 28.9. The zero-order chi connectivity index (χ0) is 26.0. The van der Waals surface area contributed by atoms with Crippen LogP contribution >= 0.6 is 28.3 Å². The first-order chi connectivity index (χ1) is 17.1. The third-order valence-electron chi connectivity index (χ3n) is 5.78. The van der Waals surface area contributed by atoms with Gasteiger partial charge in [0.05, 0.1) is 35.3 Å². The molecule has 3 aromatic rings. The second-order valence-corrected chi connectivity index (χ2v) is 10.7. The van der Waals surface area contributed by atoms with Crippen molar-refractivity contribution in [2.24, 2.45) is 5.73 Å². The van der Waals surface area contributed by atoms with E-state index < -0.39 is 47.1 Å². The maximum Gasteiger partial charge on any atom is 0.345 e. The number of likely N-dealkylation sites (tertiary alicyclic amines) is 1. The van der Waals surface area contributed by atoms with E-state index in [1.165, 1.54) is 24.5 Å². The summed E-state index contributed by atoms with van der Waals surface area (Å²) in [7, 11) is -4.05. The van der Waals surface area contributed by atoms with Gasteiger partial charge in [0.15, 0.2) is 0 Å². The number of rotatable bonds is 8. The maximum absolute atomic E-state index is 13.5. The van der Waals surface area contributed by atoms with Crippen molar-refractivity contribution in [1.82, 2.24) is 19.2 Å². The molecule has 3 heterocycles. The fourth-order valence-corrected chi connectivity index (χ4v) is 5.99. The van der Waals surface area contributed by atoms with Crippen molar-refractivity contribution in [3.63, 3.8) is 0 Å². The van der Waals surface area contributed by atoms with Crippen LogP contribution in [0.15, 0.2) is 58.2 Å². The average Bonchev–Trinajstić information content (AvgIpc) is 3.43. The van der Waals surface area contributed by atoms with E-state index in [9.17, 15) is 26.8 Å². The van der Waals surface area contributed by atoms with Gasteiger partial charge >= 0.3 is 6.61 Å². The fourth-order valence-electron chi connectivity index (χ4n) is 4.19. The summed E-state index contributed by atoms with van der Waals surface area (Å²) in [5.74, 6) is -1.23. The molecule has 2 atom stereocenters. The highest BCUT2D eigenvalue weighted by atomic mass is 79.9. The number of halogens is 4. The highest BCUT2D eigenvalue weighted by Gasteiger charge is 2.40. The second kappa shape index (κ2) is 11.8. The van der Waals surface area contributed by atoms with Crippen LogP contribution in [-0.4, -0.2) is 65.9 Å². The summed E-state index contributed by atoms with van der Waals surface area (Å²) in [5.41, 5.74) is 6.01. The molecule has 0 unspecified atom stereocenters. The van der Waals surface area contributed by atoms with Gasteiger partial charge in [-0.3, -0.25) is 14.6 Å². The number of aromatic nitrogens is 2. The number of alkyl halides is 2. The highest BCUT2D eigenvalue weighted by Crippen LogP contribution is 2.27. The molecule has 0 spiro atoms. The van der Waals surface area contributed by atoms with Crippen LogP contribution in [0.1, 0.15) is 12.1 Å². The minimum atomic E-state index is -4.05. The largest absolute Gasteiger partial charge is 0.349 e. The predicted octanol–water partition coefficient (Wildman–Crippen LogP) is 2.24. The Labute approximate surface area is 225 Å². The molecule has 1 fully saturated rings. The third-order valence-corrected chi connectivity index (χ3v) is 8.09. The monoisotopic (exact) mass is 621 g/mol. The van der Waals surface area contributed by atoms with E-state index in [2.05, 4.69) is 31.0 Å². The topological polar surface area (TPSA) is 137 Å². The Bertz CT molecular complexity index is 1390. The number of fused-ring (bicyclic) bond motifs is 1. The molecule has 1 aliphatic rings. The Kier molecular flexibility index (Phi) is 9.23. The van der Waals surface area contributed by atoms with Gasteiger partial charge in [0.1, 0.15) is 6.04 Å². The first-order valence-corrected chi connectivity index (χ1v) is 13.0. The van der Waals surface area contributed by atoms with Gasteiger partial charge in [0.2, 0.25) is 11.8 Å². The van der Waals surface area contributed by atoms with Crippen molar-refractivity contribution in [3.05, 3.63) is 59.0 Å². The molecule has 15 heteroatoms. The average molecular weight is 623 g/mol. The van der Waals surface area contributed by atoms with Crippen molar-refractivity contribution in [2.75, 3.05) is 13.1 Å². The van der Waals surface area contributed by atoms with Crippen molar-refractivity contribution in [1.29, 1.82) is 0 Å². The summed E-state index contributed by atoms with van der Waals surface area (Å²) in [5, 5.41) is 3.16. The Balaban J connectivity index is 0.00000380. The zero-order valence-corrected chi connectivity index (χ0v) is 22.3. The molecule has 3 N–H and O–H groups in total. The lowest BCUT2D eigenvalue weighted by Crippen LogP contribution is -2.47. The van der Waals surface area contributed by atoms with E-state index in [1.54, 1.807) is 24.3 Å². The molecule has 2 aromatic heterocycles. The molecule has 0 bridgehead atoms. The minimum Gasteiger partial charge on any atom is -0.349 e. The number of nitrogens with one attached hydrogen (secondary N) is 1. The van der Waals surface area contributed by atoms with Gasteiger partial charge in [-0.25, -0.2) is 12.4 Å². The normalized spacial score (nSPS) is 17.7. The van der Waals surface area contributed by atoms with Crippen molar-refractivity contribution in [3.8, 4) is 0 Å². The van der Waals surface area contributed by atoms with Crippen LogP contribution in [0.25, 0.3) is 10.9 Å². The Morgan fingerprint density at radius 3 is 2.59 bits per heavy atom. The smallest absolute Gasteiger partial charge is 0.345 e. The van der Waals surface area contributed by atoms with Crippen LogP contribution in [0.5, 0.6) is 0 Å². The van der Waals surface area contributed by atoms with E-state index in [1.807, 2.05) is 0 Å². The van der Waals surface area contributed by atoms with Gasteiger partial charge in [-0.1, -0.05) is 15.9 Å². The van der Waals surface area contributed by atoms with E-state index in [4.69, 9.17) is 5.73 Å². The lowest BCUT2D eigenvalue weighted by atomic mass is 10.2. The molecule has 10 nitrogen and oxygen atoms in total. The van der Waals surface area contributed by atoms with Gasteiger partial charge in [-0.2, -0.15) is 8.78 Å². The Hall–Kier alpha value is -2.65. The molecule has 2 amide bonds. The lowest BCUT2D eigenvalue weighted by Gasteiger charge is -2.23. The summed E-state index contributed by atoms with van der Waals surface area (Å²) in [4.78, 5) is 30.4. The molecule has 0 aliphatic carbocycles. The predicted molar refractivity (Wildman–Crippen MR) is 136 cm³/mol. The van der Waals surface area contributed by atoms with Crippen LogP contribution in [0.4, 0.5) is 8.78 Å². The van der Waals surface area contributed by atoms with E-state index in [-0.39, 0.29) is 42.5 Å². The fraction of sp³-hybridized carbons (Fsp3) is 0.318. The Morgan fingerprint density at radius 1 is 1.24 bits per heavy atom. The zero-order valence-electron chi connectivity index (χ0n) is 19.1. The molecule has 37 heavy (non-hydrogen) atoms. The van der Waals surface area contributed by atoms with Crippen LogP contribution in [0.3, 0.4) is 0 Å². The quantitative estimate of drug-likeness (QED) is 0.393. The molecular formula is C22H23BrClF2N5O5S. The van der Waals surface area contributed by atoms with Gasteiger partial charge < -0.3 is 20.7 Å². The number of nitrogens with two attached hydrogens (primary N) is 1. The molecular weight excluding hydrogens is 600 g/mol. The summed E-state index contributed by atoms with van der Waals surface area (Å²) in [6, 6.07) is 8.14. The van der Waals surface area contributed by atoms with Crippen LogP contribution in [-0.2, 0) is 30.9 Å². The number of nitrogens with zero attached hydrogens (tertiary/aromatic N) is 3. The number of carbonyl (C=O) groups is 2. The Morgan fingerprint density at radius 2 is 1.95 bits per heavy atom. The number of carbonyl (C=O) groups excluding carboxylic acids is 2. The van der Waals surface area contributed by atoms with Gasteiger partial charge in [0, 0.05) is 35.2 Å². The van der Waals surface area contributed by atoms with Gasteiger partial charge in [-0.05, 0) is 36.4 Å². The first-order valence-electron chi connectivity index (χ1n) is 10.8. The van der Waals surface area contributed by atoms with Gasteiger partial charge in [-0.15, -0.1) is 12.4 Å².